The molecule has 0 saturated carbocycles. The SMILES string of the molecule is CCCCOc1ccc(CNC(C)C(=O)OCC)cc1. The van der Waals surface area contributed by atoms with Gasteiger partial charge in [0.15, 0.2) is 0 Å². The molecular formula is C16H25NO3. The molecule has 0 spiro atoms. The van der Waals surface area contributed by atoms with E-state index in [1.54, 1.807) is 6.92 Å². The molecule has 0 bridgehead atoms. The van der Waals surface area contributed by atoms with Crippen LogP contribution in [0.4, 0.5) is 0 Å². The zero-order valence-electron chi connectivity index (χ0n) is 12.6. The van der Waals surface area contributed by atoms with Crippen LogP contribution < -0.4 is 10.1 Å². The van der Waals surface area contributed by atoms with Crippen LogP contribution in [-0.4, -0.2) is 25.2 Å². The highest BCUT2D eigenvalue weighted by molar-refractivity contribution is 5.75. The van der Waals surface area contributed by atoms with E-state index in [1.807, 2.05) is 31.2 Å². The highest BCUT2D eigenvalue weighted by Gasteiger charge is 2.12. The summed E-state index contributed by atoms with van der Waals surface area (Å²) >= 11 is 0. The van der Waals surface area contributed by atoms with Gasteiger partial charge in [0.2, 0.25) is 0 Å². The Morgan fingerprint density at radius 1 is 1.25 bits per heavy atom. The molecule has 1 atom stereocenters. The molecular weight excluding hydrogens is 254 g/mol. The molecule has 4 nitrogen and oxygen atoms in total. The highest BCUT2D eigenvalue weighted by Crippen LogP contribution is 2.12. The molecule has 0 aromatic heterocycles. The first-order valence-electron chi connectivity index (χ1n) is 7.29. The Bertz CT molecular complexity index is 389. The van der Waals surface area contributed by atoms with Gasteiger partial charge in [-0.25, -0.2) is 0 Å². The molecule has 0 amide bonds. The van der Waals surface area contributed by atoms with Gasteiger partial charge in [0.1, 0.15) is 11.8 Å². The topological polar surface area (TPSA) is 47.6 Å². The molecule has 0 saturated heterocycles. The Morgan fingerprint density at radius 3 is 2.55 bits per heavy atom. The normalized spacial score (nSPS) is 11.9. The van der Waals surface area contributed by atoms with Crippen molar-refractivity contribution >= 4 is 5.97 Å². The Kier molecular flexibility index (Phi) is 7.73. The molecule has 0 aliphatic carbocycles. The van der Waals surface area contributed by atoms with E-state index in [4.69, 9.17) is 9.47 Å². The lowest BCUT2D eigenvalue weighted by Gasteiger charge is -2.13. The maximum Gasteiger partial charge on any atom is 0.322 e. The van der Waals surface area contributed by atoms with Crippen LogP contribution in [0.3, 0.4) is 0 Å². The molecule has 20 heavy (non-hydrogen) atoms. The van der Waals surface area contributed by atoms with Gasteiger partial charge in [0, 0.05) is 6.54 Å². The van der Waals surface area contributed by atoms with Gasteiger partial charge >= 0.3 is 5.97 Å². The van der Waals surface area contributed by atoms with E-state index in [9.17, 15) is 4.79 Å². The monoisotopic (exact) mass is 279 g/mol. The van der Waals surface area contributed by atoms with Gasteiger partial charge in [-0.15, -0.1) is 0 Å². The predicted octanol–water partition coefficient (Wildman–Crippen LogP) is 2.91. The van der Waals surface area contributed by atoms with Gasteiger partial charge in [-0.2, -0.15) is 0 Å². The number of nitrogens with one attached hydrogen (secondary N) is 1. The van der Waals surface area contributed by atoms with E-state index >= 15 is 0 Å². The predicted molar refractivity (Wildman–Crippen MR) is 79.8 cm³/mol. The van der Waals surface area contributed by atoms with Crippen molar-refractivity contribution in [3.8, 4) is 5.75 Å². The van der Waals surface area contributed by atoms with Crippen LogP contribution in [-0.2, 0) is 16.1 Å². The third kappa shape index (κ3) is 6.06. The van der Waals surface area contributed by atoms with Crippen LogP contribution >= 0.6 is 0 Å². The number of rotatable bonds is 9. The quantitative estimate of drug-likeness (QED) is 0.558. The van der Waals surface area contributed by atoms with E-state index in [-0.39, 0.29) is 12.0 Å². The minimum atomic E-state index is -0.296. The summed E-state index contributed by atoms with van der Waals surface area (Å²) in [5.41, 5.74) is 1.11. The van der Waals surface area contributed by atoms with Crippen molar-refractivity contribution < 1.29 is 14.3 Å². The number of unbranched alkanes of at least 4 members (excludes halogenated alkanes) is 1. The van der Waals surface area contributed by atoms with Crippen molar-refractivity contribution in [1.82, 2.24) is 5.32 Å². The molecule has 1 rings (SSSR count). The van der Waals surface area contributed by atoms with Gasteiger partial charge in [0.25, 0.3) is 0 Å². The standard InChI is InChI=1S/C16H25NO3/c1-4-6-11-20-15-9-7-14(8-10-15)12-17-13(3)16(18)19-5-2/h7-10,13,17H,4-6,11-12H2,1-3H3. The fraction of sp³-hybridized carbons (Fsp3) is 0.562. The number of carbonyl (C=O) groups is 1. The first-order chi connectivity index (χ1) is 9.67. The Hall–Kier alpha value is -1.55. The summed E-state index contributed by atoms with van der Waals surface area (Å²) < 4.78 is 10.5. The summed E-state index contributed by atoms with van der Waals surface area (Å²) in [5.74, 6) is 0.674. The number of hydrogen-bond donors (Lipinski definition) is 1. The van der Waals surface area contributed by atoms with Gasteiger partial charge in [0.05, 0.1) is 13.2 Å². The summed E-state index contributed by atoms with van der Waals surface area (Å²) in [7, 11) is 0. The van der Waals surface area contributed by atoms with Gasteiger partial charge in [-0.1, -0.05) is 25.5 Å². The van der Waals surface area contributed by atoms with Crippen LogP contribution in [0.1, 0.15) is 39.2 Å². The lowest BCUT2D eigenvalue weighted by molar-refractivity contribution is -0.145. The van der Waals surface area contributed by atoms with Crippen molar-refractivity contribution in [2.45, 2.75) is 46.2 Å². The number of esters is 1. The second-order valence-electron chi connectivity index (χ2n) is 4.70. The second kappa shape index (κ2) is 9.37. The van der Waals surface area contributed by atoms with Crippen molar-refractivity contribution in [2.75, 3.05) is 13.2 Å². The molecule has 1 unspecified atom stereocenters. The molecule has 0 fully saturated rings. The Labute approximate surface area is 121 Å². The van der Waals surface area contributed by atoms with Crippen LogP contribution in [0.2, 0.25) is 0 Å². The maximum atomic E-state index is 11.5. The van der Waals surface area contributed by atoms with Crippen LogP contribution in [0, 0.1) is 0 Å². The lowest BCUT2D eigenvalue weighted by Crippen LogP contribution is -2.34. The average molecular weight is 279 g/mol. The van der Waals surface area contributed by atoms with Crippen molar-refractivity contribution in [3.05, 3.63) is 29.8 Å². The minimum Gasteiger partial charge on any atom is -0.494 e. The first-order valence-corrected chi connectivity index (χ1v) is 7.29. The van der Waals surface area contributed by atoms with Crippen molar-refractivity contribution in [1.29, 1.82) is 0 Å². The molecule has 1 aromatic rings. The summed E-state index contributed by atoms with van der Waals surface area (Å²) in [6.07, 6.45) is 2.20. The average Bonchev–Trinajstić information content (AvgIpc) is 2.46. The third-order valence-corrected chi connectivity index (χ3v) is 2.94. The Balaban J connectivity index is 2.35. The van der Waals surface area contributed by atoms with E-state index < -0.39 is 0 Å². The van der Waals surface area contributed by atoms with Crippen molar-refractivity contribution in [2.24, 2.45) is 0 Å². The molecule has 1 N–H and O–H groups in total. The number of ether oxygens (including phenoxy) is 2. The fourth-order valence-corrected chi connectivity index (χ4v) is 1.66. The zero-order chi connectivity index (χ0) is 14.8. The van der Waals surface area contributed by atoms with Crippen LogP contribution in [0.15, 0.2) is 24.3 Å². The molecule has 0 aliphatic heterocycles. The van der Waals surface area contributed by atoms with E-state index in [0.29, 0.717) is 13.2 Å². The van der Waals surface area contributed by atoms with Crippen molar-refractivity contribution in [3.63, 3.8) is 0 Å². The van der Waals surface area contributed by atoms with E-state index in [2.05, 4.69) is 12.2 Å². The highest BCUT2D eigenvalue weighted by atomic mass is 16.5. The third-order valence-electron chi connectivity index (χ3n) is 2.94. The first kappa shape index (κ1) is 16.5. The van der Waals surface area contributed by atoms with Gasteiger partial charge < -0.3 is 14.8 Å². The van der Waals surface area contributed by atoms with E-state index in [0.717, 1.165) is 30.8 Å². The molecule has 4 heteroatoms. The molecule has 1 aromatic carbocycles. The zero-order valence-corrected chi connectivity index (χ0v) is 12.6. The van der Waals surface area contributed by atoms with E-state index in [1.165, 1.54) is 0 Å². The summed E-state index contributed by atoms with van der Waals surface area (Å²) in [4.78, 5) is 11.5. The lowest BCUT2D eigenvalue weighted by atomic mass is 10.2. The maximum absolute atomic E-state index is 11.5. The summed E-state index contributed by atoms with van der Waals surface area (Å²) in [6, 6.07) is 7.64. The number of hydrogen-bond acceptors (Lipinski definition) is 4. The molecule has 0 radical (unpaired) electrons. The largest absolute Gasteiger partial charge is 0.494 e. The summed E-state index contributed by atoms with van der Waals surface area (Å²) in [6.45, 7) is 7.56. The fourth-order valence-electron chi connectivity index (χ4n) is 1.66. The number of carbonyl (C=O) groups excluding carboxylic acids is 1. The summed E-state index contributed by atoms with van der Waals surface area (Å²) in [5, 5.41) is 3.14. The smallest absolute Gasteiger partial charge is 0.322 e. The minimum absolute atomic E-state index is 0.216. The van der Waals surface area contributed by atoms with Gasteiger partial charge in [-0.05, 0) is 38.0 Å². The molecule has 0 aliphatic rings. The van der Waals surface area contributed by atoms with Gasteiger partial charge in [-0.3, -0.25) is 4.79 Å². The van der Waals surface area contributed by atoms with Crippen LogP contribution in [0.5, 0.6) is 5.75 Å². The second-order valence-corrected chi connectivity index (χ2v) is 4.70. The molecule has 0 heterocycles. The van der Waals surface area contributed by atoms with Crippen LogP contribution in [0.25, 0.3) is 0 Å². The number of benzene rings is 1. The molecule has 112 valence electrons. The Morgan fingerprint density at radius 2 is 1.95 bits per heavy atom.